The number of amidine groups is 1. The van der Waals surface area contributed by atoms with Crippen LogP contribution in [0.5, 0.6) is 0 Å². The monoisotopic (exact) mass is 204 g/mol. The standard InChI is InChI=1S/C8H16N2O2S/c1-8(2,3)12-7(11)10(4)6(9)13-5/h9H,1-5H3. The fourth-order valence-corrected chi connectivity index (χ4v) is 0.899. The predicted octanol–water partition coefficient (Wildman–Crippen LogP) is 2.15. The topological polar surface area (TPSA) is 53.4 Å². The zero-order chi connectivity index (χ0) is 10.6. The maximum Gasteiger partial charge on any atom is 0.416 e. The molecule has 0 heterocycles. The van der Waals surface area contributed by atoms with Crippen molar-refractivity contribution in [2.75, 3.05) is 13.3 Å². The van der Waals surface area contributed by atoms with Crippen molar-refractivity contribution in [1.29, 1.82) is 5.41 Å². The van der Waals surface area contributed by atoms with E-state index in [2.05, 4.69) is 0 Å². The molecule has 0 radical (unpaired) electrons. The smallest absolute Gasteiger partial charge is 0.416 e. The fourth-order valence-electron chi connectivity index (χ4n) is 0.550. The molecule has 13 heavy (non-hydrogen) atoms. The molecule has 0 aromatic heterocycles. The lowest BCUT2D eigenvalue weighted by Crippen LogP contribution is -2.36. The van der Waals surface area contributed by atoms with E-state index in [1.54, 1.807) is 27.0 Å². The second-order valence-electron chi connectivity index (χ2n) is 3.55. The van der Waals surface area contributed by atoms with Crippen molar-refractivity contribution >= 4 is 23.0 Å². The van der Waals surface area contributed by atoms with Gasteiger partial charge in [-0.2, -0.15) is 0 Å². The van der Waals surface area contributed by atoms with E-state index in [1.807, 2.05) is 0 Å². The number of amides is 1. The highest BCUT2D eigenvalue weighted by atomic mass is 32.2. The number of nitrogens with one attached hydrogen (secondary N) is 1. The molecule has 76 valence electrons. The Morgan fingerprint density at radius 1 is 1.46 bits per heavy atom. The Hall–Kier alpha value is -0.710. The molecule has 0 aromatic rings. The van der Waals surface area contributed by atoms with Crippen molar-refractivity contribution in [1.82, 2.24) is 4.90 Å². The van der Waals surface area contributed by atoms with E-state index in [-0.39, 0.29) is 5.17 Å². The summed E-state index contributed by atoms with van der Waals surface area (Å²) in [5.74, 6) is 0. The van der Waals surface area contributed by atoms with Gasteiger partial charge in [0.25, 0.3) is 0 Å². The van der Waals surface area contributed by atoms with Crippen LogP contribution in [-0.2, 0) is 4.74 Å². The Morgan fingerprint density at radius 3 is 2.23 bits per heavy atom. The third-order valence-electron chi connectivity index (χ3n) is 1.17. The number of rotatable bonds is 0. The minimum atomic E-state index is -0.510. The first-order valence-electron chi connectivity index (χ1n) is 3.87. The summed E-state index contributed by atoms with van der Waals surface area (Å²) in [5, 5.41) is 7.54. The number of hydrogen-bond donors (Lipinski definition) is 1. The van der Waals surface area contributed by atoms with E-state index in [9.17, 15) is 4.79 Å². The minimum absolute atomic E-state index is 0.175. The molecule has 4 nitrogen and oxygen atoms in total. The molecule has 5 heteroatoms. The van der Waals surface area contributed by atoms with Crippen LogP contribution in [0.4, 0.5) is 4.79 Å². The van der Waals surface area contributed by atoms with Gasteiger partial charge in [-0.05, 0) is 27.0 Å². The van der Waals surface area contributed by atoms with Gasteiger partial charge in [0.2, 0.25) is 0 Å². The van der Waals surface area contributed by atoms with Gasteiger partial charge in [-0.3, -0.25) is 10.3 Å². The van der Waals surface area contributed by atoms with Crippen LogP contribution in [-0.4, -0.2) is 35.1 Å². The molecule has 0 bridgehead atoms. The SMILES string of the molecule is CSC(=N)N(C)C(=O)OC(C)(C)C. The zero-order valence-corrected chi connectivity index (χ0v) is 9.49. The summed E-state index contributed by atoms with van der Waals surface area (Å²) >= 11 is 1.20. The molecule has 0 aliphatic rings. The Kier molecular flexibility index (Phi) is 4.26. The molecule has 0 saturated carbocycles. The highest BCUT2D eigenvalue weighted by Gasteiger charge is 2.21. The largest absolute Gasteiger partial charge is 0.443 e. The summed E-state index contributed by atoms with van der Waals surface area (Å²) in [7, 11) is 1.52. The van der Waals surface area contributed by atoms with Gasteiger partial charge in [-0.15, -0.1) is 0 Å². The van der Waals surface area contributed by atoms with Gasteiger partial charge in [0.05, 0.1) is 0 Å². The Balaban J connectivity index is 4.20. The van der Waals surface area contributed by atoms with Crippen LogP contribution in [0.15, 0.2) is 0 Å². The van der Waals surface area contributed by atoms with Gasteiger partial charge >= 0.3 is 6.09 Å². The maximum absolute atomic E-state index is 11.3. The fraction of sp³-hybridized carbons (Fsp3) is 0.750. The molecule has 0 aliphatic heterocycles. The predicted molar refractivity (Wildman–Crippen MR) is 55.2 cm³/mol. The molecule has 0 spiro atoms. The molecule has 1 N–H and O–H groups in total. The summed E-state index contributed by atoms with van der Waals surface area (Å²) in [4.78, 5) is 12.5. The first kappa shape index (κ1) is 12.3. The highest BCUT2D eigenvalue weighted by Crippen LogP contribution is 2.11. The molecule has 0 fully saturated rings. The Bertz CT molecular complexity index is 211. The van der Waals surface area contributed by atoms with Gasteiger partial charge in [0, 0.05) is 7.05 Å². The number of nitrogens with zero attached hydrogens (tertiary/aromatic N) is 1. The summed E-state index contributed by atoms with van der Waals surface area (Å²) in [6, 6.07) is 0. The molecule has 0 atom stereocenters. The third kappa shape index (κ3) is 4.77. The number of hydrogen-bond acceptors (Lipinski definition) is 4. The molecular weight excluding hydrogens is 188 g/mol. The average molecular weight is 204 g/mol. The second kappa shape index (κ2) is 4.50. The van der Waals surface area contributed by atoms with Crippen molar-refractivity contribution in [3.8, 4) is 0 Å². The van der Waals surface area contributed by atoms with Crippen molar-refractivity contribution in [2.45, 2.75) is 26.4 Å². The van der Waals surface area contributed by atoms with Gasteiger partial charge in [-0.1, -0.05) is 11.8 Å². The summed E-state index contributed by atoms with van der Waals surface area (Å²) in [6.45, 7) is 5.38. The first-order chi connectivity index (χ1) is 5.78. The Morgan fingerprint density at radius 2 is 1.92 bits per heavy atom. The molecular formula is C8H16N2O2S. The van der Waals surface area contributed by atoms with Gasteiger partial charge in [-0.25, -0.2) is 4.79 Å². The van der Waals surface area contributed by atoms with Crippen LogP contribution in [0.25, 0.3) is 0 Å². The van der Waals surface area contributed by atoms with E-state index < -0.39 is 11.7 Å². The van der Waals surface area contributed by atoms with Crippen LogP contribution >= 0.6 is 11.8 Å². The lowest BCUT2D eigenvalue weighted by Gasteiger charge is -2.24. The first-order valence-corrected chi connectivity index (χ1v) is 5.09. The van der Waals surface area contributed by atoms with Gasteiger partial charge < -0.3 is 4.74 Å². The summed E-state index contributed by atoms with van der Waals surface area (Å²) in [6.07, 6.45) is 1.25. The van der Waals surface area contributed by atoms with Crippen molar-refractivity contribution < 1.29 is 9.53 Å². The van der Waals surface area contributed by atoms with Crippen LogP contribution in [0, 0.1) is 5.41 Å². The lowest BCUT2D eigenvalue weighted by atomic mass is 10.2. The Labute approximate surface area is 83.1 Å². The molecule has 1 amide bonds. The van der Waals surface area contributed by atoms with Gasteiger partial charge in [0.15, 0.2) is 5.17 Å². The quantitative estimate of drug-likeness (QED) is 0.486. The van der Waals surface area contributed by atoms with Crippen LogP contribution < -0.4 is 0 Å². The van der Waals surface area contributed by atoms with Gasteiger partial charge in [0.1, 0.15) is 5.60 Å². The van der Waals surface area contributed by atoms with E-state index in [0.717, 1.165) is 0 Å². The maximum atomic E-state index is 11.3. The number of thioether (sulfide) groups is 1. The number of carbonyl (C=O) groups is 1. The van der Waals surface area contributed by atoms with E-state index in [4.69, 9.17) is 10.1 Å². The van der Waals surface area contributed by atoms with Crippen LogP contribution in [0.3, 0.4) is 0 Å². The van der Waals surface area contributed by atoms with Crippen LogP contribution in [0.2, 0.25) is 0 Å². The summed E-state index contributed by atoms with van der Waals surface area (Å²) in [5.41, 5.74) is -0.510. The van der Waals surface area contributed by atoms with E-state index in [1.165, 1.54) is 23.7 Å². The minimum Gasteiger partial charge on any atom is -0.443 e. The number of ether oxygens (including phenoxy) is 1. The van der Waals surface area contributed by atoms with Crippen molar-refractivity contribution in [3.63, 3.8) is 0 Å². The average Bonchev–Trinajstić information content (AvgIpc) is 1.98. The zero-order valence-electron chi connectivity index (χ0n) is 8.67. The van der Waals surface area contributed by atoms with Crippen molar-refractivity contribution in [2.24, 2.45) is 0 Å². The van der Waals surface area contributed by atoms with E-state index >= 15 is 0 Å². The molecule has 0 unspecified atom stereocenters. The molecule has 0 saturated heterocycles. The third-order valence-corrected chi connectivity index (χ3v) is 1.83. The molecule has 0 aromatic carbocycles. The molecule has 0 rings (SSSR count). The normalized spacial score (nSPS) is 10.8. The highest BCUT2D eigenvalue weighted by molar-refractivity contribution is 8.13. The lowest BCUT2D eigenvalue weighted by molar-refractivity contribution is 0.0405. The second-order valence-corrected chi connectivity index (χ2v) is 4.34. The van der Waals surface area contributed by atoms with E-state index in [0.29, 0.717) is 0 Å². The van der Waals surface area contributed by atoms with Crippen molar-refractivity contribution in [3.05, 3.63) is 0 Å². The molecule has 0 aliphatic carbocycles. The number of carbonyl (C=O) groups excluding carboxylic acids is 1. The summed E-state index contributed by atoms with van der Waals surface area (Å²) < 4.78 is 5.06. The van der Waals surface area contributed by atoms with Crippen LogP contribution in [0.1, 0.15) is 20.8 Å².